The van der Waals surface area contributed by atoms with Gasteiger partial charge in [0.05, 0.1) is 12.0 Å². The number of methoxy groups -OCH3 is 1. The lowest BCUT2D eigenvalue weighted by molar-refractivity contribution is 0.0417. The molecule has 1 N–H and O–H groups in total. The Labute approximate surface area is 182 Å². The van der Waals surface area contributed by atoms with E-state index in [2.05, 4.69) is 26.9 Å². The zero-order chi connectivity index (χ0) is 20.3. The number of ether oxygens (including phenoxy) is 1. The number of anilines is 1. The zero-order valence-electron chi connectivity index (χ0n) is 17.1. The van der Waals surface area contributed by atoms with E-state index in [9.17, 15) is 5.11 Å². The first kappa shape index (κ1) is 20.9. The Morgan fingerprint density at radius 2 is 1.83 bits per heavy atom. The largest absolute Gasteiger partial charge is 0.497 e. The summed E-state index contributed by atoms with van der Waals surface area (Å²) in [6.07, 6.45) is 5.38. The average molecular weight is 436 g/mol. The summed E-state index contributed by atoms with van der Waals surface area (Å²) in [4.78, 5) is 10.6. The maximum absolute atomic E-state index is 10.2. The van der Waals surface area contributed by atoms with Crippen molar-refractivity contribution >= 4 is 28.1 Å². The Morgan fingerprint density at radius 1 is 1.14 bits per heavy atom. The second kappa shape index (κ2) is 9.21. The van der Waals surface area contributed by atoms with Crippen LogP contribution >= 0.6 is 22.9 Å². The zero-order valence-corrected chi connectivity index (χ0v) is 18.6. The fraction of sp³-hybridized carbons (Fsp3) is 0.591. The molecule has 4 rings (SSSR count). The second-order valence-corrected chi connectivity index (χ2v) is 9.78. The van der Waals surface area contributed by atoms with Crippen LogP contribution in [0.2, 0.25) is 5.15 Å². The van der Waals surface area contributed by atoms with Gasteiger partial charge in [0.1, 0.15) is 10.9 Å². The van der Waals surface area contributed by atoms with Crippen molar-refractivity contribution in [2.24, 2.45) is 5.41 Å². The number of aliphatic hydroxyl groups is 1. The Bertz CT molecular complexity index is 797. The van der Waals surface area contributed by atoms with E-state index < -0.39 is 0 Å². The smallest absolute Gasteiger partial charge is 0.187 e. The van der Waals surface area contributed by atoms with Crippen molar-refractivity contribution in [2.45, 2.75) is 38.6 Å². The number of rotatable bonds is 7. The third kappa shape index (κ3) is 4.88. The molecule has 0 spiro atoms. The number of hydrogen-bond acceptors (Lipinski definition) is 6. The maximum Gasteiger partial charge on any atom is 0.187 e. The first-order chi connectivity index (χ1) is 14.1. The van der Waals surface area contributed by atoms with Gasteiger partial charge in [-0.15, -0.1) is 0 Å². The van der Waals surface area contributed by atoms with Crippen LogP contribution in [0.5, 0.6) is 5.75 Å². The van der Waals surface area contributed by atoms with Crippen LogP contribution in [-0.4, -0.2) is 54.9 Å². The van der Waals surface area contributed by atoms with Gasteiger partial charge in [-0.05, 0) is 68.3 Å². The normalized spacial score (nSPS) is 19.6. The summed E-state index contributed by atoms with van der Waals surface area (Å²) in [7, 11) is 1.68. The molecular formula is C22H30ClN3O2S. The lowest BCUT2D eigenvalue weighted by Gasteiger charge is -2.41. The molecule has 0 unspecified atom stereocenters. The molecule has 2 saturated heterocycles. The van der Waals surface area contributed by atoms with Crippen LogP contribution in [0.25, 0.3) is 0 Å². The third-order valence-corrected chi connectivity index (χ3v) is 7.90. The van der Waals surface area contributed by atoms with Gasteiger partial charge in [0.2, 0.25) is 0 Å². The van der Waals surface area contributed by atoms with E-state index in [1.165, 1.54) is 23.3 Å². The predicted octanol–water partition coefficient (Wildman–Crippen LogP) is 4.22. The summed E-state index contributed by atoms with van der Waals surface area (Å²) in [5, 5.41) is 11.9. The van der Waals surface area contributed by atoms with Gasteiger partial charge in [-0.25, -0.2) is 4.98 Å². The number of thiazole rings is 1. The van der Waals surface area contributed by atoms with Gasteiger partial charge in [-0.2, -0.15) is 0 Å². The Hall–Kier alpha value is -1.34. The van der Waals surface area contributed by atoms with E-state index in [0.29, 0.717) is 5.15 Å². The molecular weight excluding hydrogens is 406 g/mol. The molecule has 0 bridgehead atoms. The number of hydrogen-bond donors (Lipinski definition) is 1. The highest BCUT2D eigenvalue weighted by molar-refractivity contribution is 7.16. The lowest BCUT2D eigenvalue weighted by Crippen LogP contribution is -2.42. The molecule has 3 heterocycles. The molecule has 0 atom stereocenters. The van der Waals surface area contributed by atoms with E-state index in [-0.39, 0.29) is 12.0 Å². The van der Waals surface area contributed by atoms with Crippen molar-refractivity contribution in [3.8, 4) is 5.75 Å². The second-order valence-electron chi connectivity index (χ2n) is 8.36. The molecule has 7 heteroatoms. The predicted molar refractivity (Wildman–Crippen MR) is 119 cm³/mol. The number of nitrogens with zero attached hydrogens (tertiary/aromatic N) is 3. The minimum atomic E-state index is -0.0384. The molecule has 1 aromatic heterocycles. The summed E-state index contributed by atoms with van der Waals surface area (Å²) in [5.41, 5.74) is 1.22. The standard InChI is InChI=1S/C22H30ClN3O2S/c1-28-18-6-4-17(5-7-18)14-22(16-27)8-12-25(13-9-22)15-19-20(23)24-21(29-19)26-10-2-3-11-26/h4-7,27H,2-3,8-16H2,1H3. The van der Waals surface area contributed by atoms with Crippen molar-refractivity contribution < 1.29 is 9.84 Å². The Balaban J connectivity index is 1.35. The number of aromatic nitrogens is 1. The van der Waals surface area contributed by atoms with Crippen molar-refractivity contribution in [3.05, 3.63) is 39.9 Å². The van der Waals surface area contributed by atoms with Crippen molar-refractivity contribution in [3.63, 3.8) is 0 Å². The highest BCUT2D eigenvalue weighted by Crippen LogP contribution is 2.37. The Morgan fingerprint density at radius 3 is 2.45 bits per heavy atom. The summed E-state index contributed by atoms with van der Waals surface area (Å²) in [6.45, 7) is 5.23. The fourth-order valence-corrected chi connectivity index (χ4v) is 5.77. The molecule has 5 nitrogen and oxygen atoms in total. The van der Waals surface area contributed by atoms with Crippen molar-refractivity contribution in [1.82, 2.24) is 9.88 Å². The molecule has 2 aromatic rings. The quantitative estimate of drug-likeness (QED) is 0.705. The first-order valence-electron chi connectivity index (χ1n) is 10.5. The summed E-state index contributed by atoms with van der Waals surface area (Å²) in [5.74, 6) is 0.872. The van der Waals surface area contributed by atoms with E-state index in [1.54, 1.807) is 18.4 Å². The van der Waals surface area contributed by atoms with Crippen LogP contribution in [0.4, 0.5) is 5.13 Å². The number of halogens is 1. The number of piperidine rings is 1. The molecule has 0 radical (unpaired) electrons. The van der Waals surface area contributed by atoms with Crippen LogP contribution in [0, 0.1) is 5.41 Å². The average Bonchev–Trinajstić information content (AvgIpc) is 3.40. The van der Waals surface area contributed by atoms with Gasteiger partial charge in [0, 0.05) is 26.2 Å². The number of aliphatic hydroxyl groups excluding tert-OH is 1. The maximum atomic E-state index is 10.2. The van der Waals surface area contributed by atoms with Crippen LogP contribution < -0.4 is 9.64 Å². The fourth-order valence-electron chi connectivity index (χ4n) is 4.42. The van der Waals surface area contributed by atoms with Gasteiger partial charge < -0.3 is 14.7 Å². The van der Waals surface area contributed by atoms with Gasteiger partial charge >= 0.3 is 0 Å². The van der Waals surface area contributed by atoms with Gasteiger partial charge in [0.25, 0.3) is 0 Å². The van der Waals surface area contributed by atoms with Crippen LogP contribution in [0.3, 0.4) is 0 Å². The lowest BCUT2D eigenvalue weighted by atomic mass is 9.74. The SMILES string of the molecule is COc1ccc(CC2(CO)CCN(Cc3sc(N4CCCC4)nc3Cl)CC2)cc1. The number of benzene rings is 1. The van der Waals surface area contributed by atoms with E-state index in [4.69, 9.17) is 16.3 Å². The number of likely N-dealkylation sites (tertiary alicyclic amines) is 1. The van der Waals surface area contributed by atoms with Crippen molar-refractivity contribution in [1.29, 1.82) is 0 Å². The minimum Gasteiger partial charge on any atom is -0.497 e. The van der Waals surface area contributed by atoms with E-state index >= 15 is 0 Å². The van der Waals surface area contributed by atoms with Crippen LogP contribution in [0.1, 0.15) is 36.1 Å². The third-order valence-electron chi connectivity index (χ3n) is 6.37. The van der Waals surface area contributed by atoms with E-state index in [1.807, 2.05) is 12.1 Å². The highest BCUT2D eigenvalue weighted by Gasteiger charge is 2.34. The summed E-state index contributed by atoms with van der Waals surface area (Å²) < 4.78 is 5.25. The molecule has 2 aliphatic heterocycles. The van der Waals surface area contributed by atoms with Gasteiger partial charge in [-0.3, -0.25) is 4.90 Å². The Kier molecular flexibility index (Phi) is 6.64. The molecule has 29 heavy (non-hydrogen) atoms. The molecule has 1 aromatic carbocycles. The van der Waals surface area contributed by atoms with Crippen LogP contribution in [0.15, 0.2) is 24.3 Å². The van der Waals surface area contributed by atoms with Gasteiger partial charge in [0.15, 0.2) is 5.13 Å². The molecule has 0 saturated carbocycles. The molecule has 0 amide bonds. The van der Waals surface area contributed by atoms with Gasteiger partial charge in [-0.1, -0.05) is 35.1 Å². The van der Waals surface area contributed by atoms with Crippen LogP contribution in [-0.2, 0) is 13.0 Å². The molecule has 158 valence electrons. The van der Waals surface area contributed by atoms with Crippen molar-refractivity contribution in [2.75, 3.05) is 44.8 Å². The minimum absolute atomic E-state index is 0.0384. The summed E-state index contributed by atoms with van der Waals surface area (Å²) in [6, 6.07) is 8.22. The van der Waals surface area contributed by atoms with E-state index in [0.717, 1.165) is 62.9 Å². The monoisotopic (exact) mass is 435 g/mol. The summed E-state index contributed by atoms with van der Waals surface area (Å²) >= 11 is 8.20. The highest BCUT2D eigenvalue weighted by atomic mass is 35.5. The molecule has 0 aliphatic carbocycles. The molecule has 2 aliphatic rings. The first-order valence-corrected chi connectivity index (χ1v) is 11.7. The molecule has 2 fully saturated rings. The topological polar surface area (TPSA) is 48.8 Å².